The van der Waals surface area contributed by atoms with E-state index in [2.05, 4.69) is 39.4 Å². The van der Waals surface area contributed by atoms with Crippen molar-refractivity contribution in [2.45, 2.75) is 20.0 Å². The second-order valence-corrected chi connectivity index (χ2v) is 10.6. The number of amides is 1. The van der Waals surface area contributed by atoms with Gasteiger partial charge in [-0.3, -0.25) is 19.2 Å². The highest BCUT2D eigenvalue weighted by Crippen LogP contribution is 2.44. The third-order valence-electron chi connectivity index (χ3n) is 7.15. The third kappa shape index (κ3) is 3.81. The molecule has 182 valence electrons. The van der Waals surface area contributed by atoms with Gasteiger partial charge in [-0.15, -0.1) is 10.2 Å². The standard InChI is InChI=1S/C24H28ClN9O/c1-16-22(27-7-6-26-16)32-12-24(13-32)14-33(15-24)23-29-28-20-10-31(11-21(35)30(2)3)9-17-8-18(25)4-5-19(17)34(20)23/h4-8H,9-15H2,1-3H3. The predicted molar refractivity (Wildman–Crippen MR) is 133 cm³/mol. The first-order chi connectivity index (χ1) is 16.8. The maximum Gasteiger partial charge on any atom is 0.236 e. The average Bonchev–Trinajstić information content (AvgIpc) is 3.09. The van der Waals surface area contributed by atoms with E-state index in [-0.39, 0.29) is 11.3 Å². The summed E-state index contributed by atoms with van der Waals surface area (Å²) in [6.45, 7) is 7.26. The number of benzene rings is 1. The van der Waals surface area contributed by atoms with Crippen molar-refractivity contribution in [2.24, 2.45) is 5.41 Å². The number of anilines is 2. The van der Waals surface area contributed by atoms with E-state index in [4.69, 9.17) is 11.6 Å². The molecule has 3 aliphatic rings. The van der Waals surface area contributed by atoms with E-state index in [1.54, 1.807) is 31.4 Å². The first kappa shape index (κ1) is 22.2. The number of halogens is 1. The first-order valence-electron chi connectivity index (χ1n) is 11.7. The van der Waals surface area contributed by atoms with Crippen LogP contribution in [0.5, 0.6) is 0 Å². The van der Waals surface area contributed by atoms with E-state index in [1.165, 1.54) is 0 Å². The number of nitrogens with zero attached hydrogens (tertiary/aromatic N) is 9. The van der Waals surface area contributed by atoms with Crippen molar-refractivity contribution in [3.05, 3.63) is 52.7 Å². The lowest BCUT2D eigenvalue weighted by Crippen LogP contribution is -2.73. The molecular weight excluding hydrogens is 466 g/mol. The van der Waals surface area contributed by atoms with Crippen molar-refractivity contribution in [1.82, 2.24) is 34.5 Å². The molecule has 35 heavy (non-hydrogen) atoms. The van der Waals surface area contributed by atoms with Crippen LogP contribution in [0, 0.1) is 12.3 Å². The molecule has 0 aliphatic carbocycles. The summed E-state index contributed by atoms with van der Waals surface area (Å²) in [5, 5.41) is 9.83. The maximum atomic E-state index is 12.4. The monoisotopic (exact) mass is 493 g/mol. The molecule has 2 aromatic heterocycles. The lowest BCUT2D eigenvalue weighted by molar-refractivity contribution is -0.130. The number of carbonyl (C=O) groups is 1. The molecule has 0 saturated carbocycles. The Bertz CT molecular complexity index is 1290. The largest absolute Gasteiger partial charge is 0.354 e. The van der Waals surface area contributed by atoms with Crippen LogP contribution in [-0.4, -0.2) is 87.3 Å². The molecule has 11 heteroatoms. The lowest BCUT2D eigenvalue weighted by atomic mass is 9.73. The summed E-state index contributed by atoms with van der Waals surface area (Å²) in [5.41, 5.74) is 3.30. The van der Waals surface area contributed by atoms with Gasteiger partial charge >= 0.3 is 0 Å². The Labute approximate surface area is 209 Å². The number of fused-ring (bicyclic) bond motifs is 3. The Morgan fingerprint density at radius 3 is 2.54 bits per heavy atom. The summed E-state index contributed by atoms with van der Waals surface area (Å²) in [5.74, 6) is 2.72. The molecule has 1 aromatic carbocycles. The average molecular weight is 494 g/mol. The van der Waals surface area contributed by atoms with Crippen LogP contribution in [0.2, 0.25) is 5.02 Å². The molecule has 2 fully saturated rings. The Hall–Kier alpha value is -3.24. The van der Waals surface area contributed by atoms with Crippen LogP contribution in [0.3, 0.4) is 0 Å². The van der Waals surface area contributed by atoms with Crippen LogP contribution in [0.4, 0.5) is 11.8 Å². The van der Waals surface area contributed by atoms with Crippen molar-refractivity contribution in [2.75, 3.05) is 56.6 Å². The molecule has 0 bridgehead atoms. The molecule has 2 saturated heterocycles. The number of carbonyl (C=O) groups excluding carboxylic acids is 1. The molecule has 0 unspecified atom stereocenters. The summed E-state index contributed by atoms with van der Waals surface area (Å²) >= 11 is 6.36. The van der Waals surface area contributed by atoms with E-state index in [0.29, 0.717) is 24.7 Å². The van der Waals surface area contributed by atoms with Crippen molar-refractivity contribution in [3.8, 4) is 5.69 Å². The van der Waals surface area contributed by atoms with Crippen LogP contribution in [0.15, 0.2) is 30.6 Å². The number of hydrogen-bond acceptors (Lipinski definition) is 8. The zero-order chi connectivity index (χ0) is 24.3. The molecule has 0 atom stereocenters. The zero-order valence-electron chi connectivity index (χ0n) is 20.1. The summed E-state index contributed by atoms with van der Waals surface area (Å²) in [6.07, 6.45) is 3.49. The normalized spacial score (nSPS) is 18.4. The molecule has 5 heterocycles. The SMILES string of the molecule is Cc1nccnc1N1CC2(C1)CN(c1nnc3n1-c1ccc(Cl)cc1CN(CC(=O)N(C)C)C3)C2. The number of hydrogen-bond donors (Lipinski definition) is 0. The minimum absolute atomic E-state index is 0.0549. The fourth-order valence-electron chi connectivity index (χ4n) is 5.43. The first-order valence-corrected chi connectivity index (χ1v) is 12.1. The van der Waals surface area contributed by atoms with Gasteiger partial charge in [-0.05, 0) is 30.7 Å². The quantitative estimate of drug-likeness (QED) is 0.543. The number of aryl methyl sites for hydroxylation is 1. The second kappa shape index (κ2) is 8.17. The van der Waals surface area contributed by atoms with Gasteiger partial charge in [0.2, 0.25) is 11.9 Å². The van der Waals surface area contributed by atoms with Gasteiger partial charge in [-0.2, -0.15) is 0 Å². The van der Waals surface area contributed by atoms with E-state index in [0.717, 1.165) is 60.7 Å². The smallest absolute Gasteiger partial charge is 0.236 e. The van der Waals surface area contributed by atoms with E-state index in [1.807, 2.05) is 25.1 Å². The van der Waals surface area contributed by atoms with Gasteiger partial charge in [-0.1, -0.05) is 11.6 Å². The number of rotatable bonds is 4. The van der Waals surface area contributed by atoms with E-state index in [9.17, 15) is 4.79 Å². The number of aromatic nitrogens is 5. The fraction of sp³-hybridized carbons (Fsp3) is 0.458. The number of likely N-dealkylation sites (N-methyl/N-ethyl adjacent to an activating group) is 1. The van der Waals surface area contributed by atoms with Crippen LogP contribution < -0.4 is 9.80 Å². The fourth-order valence-corrected chi connectivity index (χ4v) is 5.62. The van der Waals surface area contributed by atoms with Crippen LogP contribution in [-0.2, 0) is 17.9 Å². The Kier molecular flexibility index (Phi) is 5.19. The van der Waals surface area contributed by atoms with Gasteiger partial charge < -0.3 is 14.7 Å². The molecule has 6 rings (SSSR count). The van der Waals surface area contributed by atoms with Crippen LogP contribution >= 0.6 is 11.6 Å². The predicted octanol–water partition coefficient (Wildman–Crippen LogP) is 1.75. The van der Waals surface area contributed by atoms with Gasteiger partial charge in [0.15, 0.2) is 5.82 Å². The topological polar surface area (TPSA) is 86.5 Å². The van der Waals surface area contributed by atoms with Gasteiger partial charge in [0, 0.05) is 69.7 Å². The molecule has 0 N–H and O–H groups in total. The highest BCUT2D eigenvalue weighted by Gasteiger charge is 2.53. The maximum absolute atomic E-state index is 12.4. The van der Waals surface area contributed by atoms with Crippen molar-refractivity contribution in [3.63, 3.8) is 0 Å². The molecule has 10 nitrogen and oxygen atoms in total. The van der Waals surface area contributed by atoms with Gasteiger partial charge in [-0.25, -0.2) is 4.98 Å². The van der Waals surface area contributed by atoms with Gasteiger partial charge in [0.1, 0.15) is 5.82 Å². The highest BCUT2D eigenvalue weighted by atomic mass is 35.5. The Morgan fingerprint density at radius 1 is 1.06 bits per heavy atom. The van der Waals surface area contributed by atoms with Gasteiger partial charge in [0.05, 0.1) is 24.5 Å². The summed E-state index contributed by atoms with van der Waals surface area (Å²) in [4.78, 5) is 29.6. The van der Waals surface area contributed by atoms with Crippen LogP contribution in [0.1, 0.15) is 17.1 Å². The summed E-state index contributed by atoms with van der Waals surface area (Å²) in [6, 6.07) is 5.91. The molecule has 0 radical (unpaired) electrons. The molecule has 3 aliphatic heterocycles. The van der Waals surface area contributed by atoms with Crippen molar-refractivity contribution in [1.29, 1.82) is 0 Å². The minimum atomic E-state index is 0.0549. The minimum Gasteiger partial charge on any atom is -0.354 e. The van der Waals surface area contributed by atoms with E-state index >= 15 is 0 Å². The molecule has 1 spiro atoms. The summed E-state index contributed by atoms with van der Waals surface area (Å²) < 4.78 is 2.14. The lowest BCUT2D eigenvalue weighted by Gasteiger charge is -2.60. The highest BCUT2D eigenvalue weighted by molar-refractivity contribution is 6.30. The van der Waals surface area contributed by atoms with Crippen LogP contribution in [0.25, 0.3) is 5.69 Å². The third-order valence-corrected chi connectivity index (χ3v) is 7.39. The molecular formula is C24H28ClN9O. The second-order valence-electron chi connectivity index (χ2n) is 10.1. The van der Waals surface area contributed by atoms with Gasteiger partial charge in [0.25, 0.3) is 0 Å². The zero-order valence-corrected chi connectivity index (χ0v) is 20.9. The summed E-state index contributed by atoms with van der Waals surface area (Å²) in [7, 11) is 3.55. The molecule has 3 aromatic rings. The van der Waals surface area contributed by atoms with Crippen molar-refractivity contribution >= 4 is 29.3 Å². The Morgan fingerprint density at radius 2 is 1.80 bits per heavy atom. The van der Waals surface area contributed by atoms with E-state index < -0.39 is 0 Å². The van der Waals surface area contributed by atoms with Crippen molar-refractivity contribution < 1.29 is 4.79 Å². The Balaban J connectivity index is 1.24. The molecule has 1 amide bonds.